The molecule has 0 spiro atoms. The second-order valence-corrected chi connectivity index (χ2v) is 4.96. The van der Waals surface area contributed by atoms with E-state index in [2.05, 4.69) is 72.8 Å². The lowest BCUT2D eigenvalue weighted by Gasteiger charge is -2.11. The Morgan fingerprint density at radius 3 is 2.74 bits per heavy atom. The molecule has 1 aromatic heterocycles. The third kappa shape index (κ3) is 2.22. The molecule has 2 N–H and O–H groups in total. The van der Waals surface area contributed by atoms with Crippen molar-refractivity contribution >= 4 is 16.6 Å². The predicted molar refractivity (Wildman–Crippen MR) is 81.5 cm³/mol. The number of nitrogens with one attached hydrogen (secondary N) is 2. The van der Waals surface area contributed by atoms with E-state index in [4.69, 9.17) is 0 Å². The summed E-state index contributed by atoms with van der Waals surface area (Å²) in [7, 11) is 0. The number of hydrogen-bond donors (Lipinski definition) is 2. The van der Waals surface area contributed by atoms with Crippen molar-refractivity contribution in [1.29, 1.82) is 0 Å². The minimum absolute atomic E-state index is 0.842. The highest BCUT2D eigenvalue weighted by molar-refractivity contribution is 5.83. The van der Waals surface area contributed by atoms with Crippen molar-refractivity contribution in [1.82, 2.24) is 4.98 Å². The summed E-state index contributed by atoms with van der Waals surface area (Å²) in [5.41, 5.74) is 6.35. The van der Waals surface area contributed by atoms with E-state index < -0.39 is 0 Å². The fourth-order valence-corrected chi connectivity index (χ4v) is 2.41. The summed E-state index contributed by atoms with van der Waals surface area (Å²) in [4.78, 5) is 3.31. The van der Waals surface area contributed by atoms with Gasteiger partial charge in [0.15, 0.2) is 0 Å². The smallest absolute Gasteiger partial charge is 0.0457 e. The lowest BCUT2D eigenvalue weighted by atomic mass is 10.1. The number of aromatic amines is 1. The minimum atomic E-state index is 0.842. The fourth-order valence-electron chi connectivity index (χ4n) is 2.41. The van der Waals surface area contributed by atoms with E-state index in [0.29, 0.717) is 0 Å². The topological polar surface area (TPSA) is 27.8 Å². The third-order valence-electron chi connectivity index (χ3n) is 3.75. The van der Waals surface area contributed by atoms with Crippen LogP contribution in [-0.4, -0.2) is 4.98 Å². The lowest BCUT2D eigenvalue weighted by molar-refractivity contribution is 1.15. The average molecular weight is 250 g/mol. The zero-order valence-corrected chi connectivity index (χ0v) is 11.3. The van der Waals surface area contributed by atoms with Crippen molar-refractivity contribution < 1.29 is 0 Å². The maximum atomic E-state index is 3.53. The largest absolute Gasteiger partial charge is 0.381 e. The van der Waals surface area contributed by atoms with Crippen LogP contribution in [0.2, 0.25) is 0 Å². The number of para-hydroxylation sites is 1. The normalized spacial score (nSPS) is 10.8. The number of hydrogen-bond acceptors (Lipinski definition) is 1. The van der Waals surface area contributed by atoms with Gasteiger partial charge in [-0.3, -0.25) is 0 Å². The molecule has 2 aromatic carbocycles. The van der Waals surface area contributed by atoms with Gasteiger partial charge in [0.05, 0.1) is 0 Å². The SMILES string of the molecule is Cc1cccc(NCc2c[nH]c3ccccc23)c1C. The summed E-state index contributed by atoms with van der Waals surface area (Å²) >= 11 is 0. The first-order valence-corrected chi connectivity index (χ1v) is 6.61. The molecule has 2 heteroatoms. The number of fused-ring (bicyclic) bond motifs is 1. The highest BCUT2D eigenvalue weighted by atomic mass is 14.9. The van der Waals surface area contributed by atoms with Crippen LogP contribution < -0.4 is 5.32 Å². The molecule has 1 heterocycles. The zero-order chi connectivity index (χ0) is 13.2. The third-order valence-corrected chi connectivity index (χ3v) is 3.75. The van der Waals surface area contributed by atoms with E-state index in [0.717, 1.165) is 6.54 Å². The van der Waals surface area contributed by atoms with Gasteiger partial charge in [0, 0.05) is 29.3 Å². The number of aromatic nitrogens is 1. The van der Waals surface area contributed by atoms with E-state index in [9.17, 15) is 0 Å². The summed E-state index contributed by atoms with van der Waals surface area (Å²) in [6.45, 7) is 5.15. The first-order valence-electron chi connectivity index (χ1n) is 6.61. The summed E-state index contributed by atoms with van der Waals surface area (Å²) in [6.07, 6.45) is 2.09. The van der Waals surface area contributed by atoms with Gasteiger partial charge in [-0.15, -0.1) is 0 Å². The maximum absolute atomic E-state index is 3.53. The maximum Gasteiger partial charge on any atom is 0.0457 e. The number of aryl methyl sites for hydroxylation is 1. The fraction of sp³-hybridized carbons (Fsp3) is 0.176. The van der Waals surface area contributed by atoms with Crippen LogP contribution in [0.3, 0.4) is 0 Å². The Labute approximate surface area is 113 Å². The quantitative estimate of drug-likeness (QED) is 0.708. The number of rotatable bonds is 3. The predicted octanol–water partition coefficient (Wildman–Crippen LogP) is 4.40. The van der Waals surface area contributed by atoms with E-state index in [-0.39, 0.29) is 0 Å². The van der Waals surface area contributed by atoms with E-state index in [1.807, 2.05) is 0 Å². The van der Waals surface area contributed by atoms with Crippen molar-refractivity contribution in [2.45, 2.75) is 20.4 Å². The van der Waals surface area contributed by atoms with Gasteiger partial charge in [0.25, 0.3) is 0 Å². The van der Waals surface area contributed by atoms with E-state index in [1.165, 1.54) is 33.3 Å². The van der Waals surface area contributed by atoms with E-state index in [1.54, 1.807) is 0 Å². The minimum Gasteiger partial charge on any atom is -0.381 e. The molecule has 0 aliphatic heterocycles. The van der Waals surface area contributed by atoms with Gasteiger partial charge in [-0.25, -0.2) is 0 Å². The van der Waals surface area contributed by atoms with Crippen molar-refractivity contribution in [2.75, 3.05) is 5.32 Å². The Morgan fingerprint density at radius 2 is 1.84 bits per heavy atom. The van der Waals surface area contributed by atoms with Crippen molar-refractivity contribution in [3.05, 3.63) is 65.4 Å². The van der Waals surface area contributed by atoms with Crippen molar-refractivity contribution in [3.63, 3.8) is 0 Å². The summed E-state index contributed by atoms with van der Waals surface area (Å²) in [6, 6.07) is 14.8. The number of benzene rings is 2. The molecule has 96 valence electrons. The Hall–Kier alpha value is -2.22. The monoisotopic (exact) mass is 250 g/mol. The molecule has 3 rings (SSSR count). The highest BCUT2D eigenvalue weighted by Gasteiger charge is 2.04. The van der Waals surface area contributed by atoms with E-state index >= 15 is 0 Å². The second-order valence-electron chi connectivity index (χ2n) is 4.96. The van der Waals surface area contributed by atoms with Gasteiger partial charge in [-0.05, 0) is 42.7 Å². The Balaban J connectivity index is 1.84. The van der Waals surface area contributed by atoms with Crippen LogP contribution in [0.4, 0.5) is 5.69 Å². The molecule has 0 saturated carbocycles. The van der Waals surface area contributed by atoms with Gasteiger partial charge in [0.2, 0.25) is 0 Å². The van der Waals surface area contributed by atoms with Crippen LogP contribution in [0.15, 0.2) is 48.7 Å². The molecule has 0 amide bonds. The van der Waals surface area contributed by atoms with Crippen LogP contribution in [0.1, 0.15) is 16.7 Å². The molecule has 2 nitrogen and oxygen atoms in total. The Morgan fingerprint density at radius 1 is 1.00 bits per heavy atom. The molecular weight excluding hydrogens is 232 g/mol. The van der Waals surface area contributed by atoms with Crippen molar-refractivity contribution in [2.24, 2.45) is 0 Å². The molecular formula is C17H18N2. The molecule has 0 aliphatic carbocycles. The van der Waals surface area contributed by atoms with Gasteiger partial charge < -0.3 is 10.3 Å². The first-order chi connectivity index (χ1) is 9.25. The first kappa shape index (κ1) is 11.8. The highest BCUT2D eigenvalue weighted by Crippen LogP contribution is 2.22. The molecule has 0 saturated heterocycles. The van der Waals surface area contributed by atoms with Gasteiger partial charge >= 0.3 is 0 Å². The molecule has 0 aliphatic rings. The summed E-state index contributed by atoms with van der Waals surface area (Å²) < 4.78 is 0. The molecule has 19 heavy (non-hydrogen) atoms. The molecule has 0 atom stereocenters. The van der Waals surface area contributed by atoms with Gasteiger partial charge in [0.1, 0.15) is 0 Å². The Bertz CT molecular complexity index is 710. The number of anilines is 1. The molecule has 0 fully saturated rings. The number of H-pyrrole nitrogens is 1. The zero-order valence-electron chi connectivity index (χ0n) is 11.3. The van der Waals surface area contributed by atoms with Crippen LogP contribution in [0.5, 0.6) is 0 Å². The summed E-state index contributed by atoms with van der Waals surface area (Å²) in [5.74, 6) is 0. The Kier molecular flexibility index (Phi) is 3.00. The van der Waals surface area contributed by atoms with Crippen LogP contribution in [0.25, 0.3) is 10.9 Å². The second kappa shape index (κ2) is 4.81. The summed E-state index contributed by atoms with van der Waals surface area (Å²) in [5, 5.41) is 4.82. The van der Waals surface area contributed by atoms with Crippen LogP contribution >= 0.6 is 0 Å². The van der Waals surface area contributed by atoms with Gasteiger partial charge in [-0.1, -0.05) is 30.3 Å². The van der Waals surface area contributed by atoms with Crippen LogP contribution in [-0.2, 0) is 6.54 Å². The molecule has 0 radical (unpaired) electrons. The average Bonchev–Trinajstić information content (AvgIpc) is 2.84. The lowest BCUT2D eigenvalue weighted by Crippen LogP contribution is -2.01. The molecule has 3 aromatic rings. The van der Waals surface area contributed by atoms with Gasteiger partial charge in [-0.2, -0.15) is 0 Å². The van der Waals surface area contributed by atoms with Crippen molar-refractivity contribution in [3.8, 4) is 0 Å². The standard InChI is InChI=1S/C17H18N2/c1-12-6-5-9-16(13(12)2)18-10-14-11-19-17-8-4-3-7-15(14)17/h3-9,11,18-19H,10H2,1-2H3. The molecule has 0 bridgehead atoms. The van der Waals surface area contributed by atoms with Crippen LogP contribution in [0, 0.1) is 13.8 Å². The molecule has 0 unspecified atom stereocenters.